The van der Waals surface area contributed by atoms with Gasteiger partial charge in [0.1, 0.15) is 0 Å². The number of fused-ring (bicyclic) bond motifs is 1. The van der Waals surface area contributed by atoms with Gasteiger partial charge in [0, 0.05) is 6.04 Å². The Morgan fingerprint density at radius 1 is 0.875 bits per heavy atom. The molecule has 0 bridgehead atoms. The summed E-state index contributed by atoms with van der Waals surface area (Å²) in [6.45, 7) is 8.48. The standard InChI is InChI=1S/C22H27N3O6S/c1-5-30-18-10-7-14(11-19(18)31-6-2)20(13(3)4)25-32(28,29)15-8-9-16-17(12-15)24-22(27)21(26)23-16/h7-13,20,25H,5-6H2,1-4H3,(H,23,26)(H,24,27). The van der Waals surface area contributed by atoms with Crippen molar-refractivity contribution in [3.05, 3.63) is 62.7 Å². The molecule has 0 aliphatic heterocycles. The highest BCUT2D eigenvalue weighted by molar-refractivity contribution is 7.89. The van der Waals surface area contributed by atoms with E-state index in [0.29, 0.717) is 30.2 Å². The minimum atomic E-state index is -3.95. The zero-order valence-electron chi connectivity index (χ0n) is 18.4. The fourth-order valence-electron chi connectivity index (χ4n) is 3.35. The molecule has 9 nitrogen and oxygen atoms in total. The minimum absolute atomic E-state index is 0.0330. The van der Waals surface area contributed by atoms with E-state index in [4.69, 9.17) is 9.47 Å². The lowest BCUT2D eigenvalue weighted by atomic mass is 9.97. The Balaban J connectivity index is 1.99. The van der Waals surface area contributed by atoms with E-state index in [-0.39, 0.29) is 16.3 Å². The molecule has 1 aromatic heterocycles. The maximum Gasteiger partial charge on any atom is 0.314 e. The van der Waals surface area contributed by atoms with Crippen molar-refractivity contribution in [2.45, 2.75) is 38.6 Å². The van der Waals surface area contributed by atoms with Crippen LogP contribution in [0.15, 0.2) is 50.9 Å². The van der Waals surface area contributed by atoms with Crippen molar-refractivity contribution < 1.29 is 17.9 Å². The van der Waals surface area contributed by atoms with Gasteiger partial charge >= 0.3 is 11.1 Å². The predicted molar refractivity (Wildman–Crippen MR) is 122 cm³/mol. The number of sulfonamides is 1. The van der Waals surface area contributed by atoms with Crippen LogP contribution < -0.4 is 25.3 Å². The Bertz CT molecular complexity index is 1330. The summed E-state index contributed by atoms with van der Waals surface area (Å²) >= 11 is 0. The van der Waals surface area contributed by atoms with Gasteiger partial charge in [0.2, 0.25) is 10.0 Å². The number of H-pyrrole nitrogens is 2. The second-order valence-corrected chi connectivity index (χ2v) is 9.24. The number of aromatic nitrogens is 2. The lowest BCUT2D eigenvalue weighted by Crippen LogP contribution is -2.32. The van der Waals surface area contributed by atoms with E-state index < -0.39 is 27.2 Å². The van der Waals surface area contributed by atoms with E-state index >= 15 is 0 Å². The van der Waals surface area contributed by atoms with Crippen LogP contribution in [0.2, 0.25) is 0 Å². The van der Waals surface area contributed by atoms with E-state index in [1.807, 2.05) is 33.8 Å². The molecule has 3 N–H and O–H groups in total. The summed E-state index contributed by atoms with van der Waals surface area (Å²) < 4.78 is 40.4. The van der Waals surface area contributed by atoms with Gasteiger partial charge in [-0.2, -0.15) is 0 Å². The van der Waals surface area contributed by atoms with Gasteiger partial charge in [-0.05, 0) is 55.7 Å². The van der Waals surface area contributed by atoms with Crippen LogP contribution in [0.4, 0.5) is 0 Å². The average molecular weight is 462 g/mol. The van der Waals surface area contributed by atoms with Gasteiger partial charge in [0.25, 0.3) is 0 Å². The number of benzene rings is 2. The maximum atomic E-state index is 13.2. The van der Waals surface area contributed by atoms with Gasteiger partial charge in [-0.15, -0.1) is 0 Å². The Kier molecular flexibility index (Phi) is 7.05. The Morgan fingerprint density at radius 2 is 1.50 bits per heavy atom. The predicted octanol–water partition coefficient (Wildman–Crippen LogP) is 2.69. The van der Waals surface area contributed by atoms with Gasteiger partial charge in [0.05, 0.1) is 29.1 Å². The number of ether oxygens (including phenoxy) is 2. The van der Waals surface area contributed by atoms with Crippen LogP contribution in [0.5, 0.6) is 11.5 Å². The van der Waals surface area contributed by atoms with Crippen molar-refractivity contribution in [3.8, 4) is 11.5 Å². The summed E-state index contributed by atoms with van der Waals surface area (Å²) in [7, 11) is -3.95. The van der Waals surface area contributed by atoms with E-state index in [1.165, 1.54) is 18.2 Å². The van der Waals surface area contributed by atoms with Crippen LogP contribution in [0, 0.1) is 5.92 Å². The zero-order chi connectivity index (χ0) is 23.5. The molecular formula is C22H27N3O6S. The molecule has 1 unspecified atom stereocenters. The van der Waals surface area contributed by atoms with Crippen LogP contribution >= 0.6 is 0 Å². The largest absolute Gasteiger partial charge is 0.490 e. The number of aromatic amines is 2. The molecule has 1 heterocycles. The minimum Gasteiger partial charge on any atom is -0.490 e. The molecule has 0 saturated carbocycles. The lowest BCUT2D eigenvalue weighted by molar-refractivity contribution is 0.287. The Hall–Kier alpha value is -3.11. The molecule has 10 heteroatoms. The van der Waals surface area contributed by atoms with Crippen LogP contribution in [-0.2, 0) is 10.0 Å². The SMILES string of the molecule is CCOc1ccc(C(NS(=O)(=O)c2ccc3[nH]c(=O)c(=O)[nH]c3c2)C(C)C)cc1OCC. The molecule has 0 fully saturated rings. The first-order valence-corrected chi connectivity index (χ1v) is 11.8. The van der Waals surface area contributed by atoms with Crippen LogP contribution in [0.3, 0.4) is 0 Å². The third kappa shape index (κ3) is 5.03. The van der Waals surface area contributed by atoms with E-state index in [1.54, 1.807) is 12.1 Å². The van der Waals surface area contributed by atoms with Gasteiger partial charge < -0.3 is 19.4 Å². The highest BCUT2D eigenvalue weighted by atomic mass is 32.2. The first-order valence-electron chi connectivity index (χ1n) is 10.3. The van der Waals surface area contributed by atoms with Crippen molar-refractivity contribution in [2.24, 2.45) is 5.92 Å². The fraction of sp³-hybridized carbons (Fsp3) is 0.364. The molecule has 32 heavy (non-hydrogen) atoms. The molecular weight excluding hydrogens is 434 g/mol. The van der Waals surface area contributed by atoms with Crippen LogP contribution in [-0.4, -0.2) is 31.6 Å². The molecule has 0 amide bonds. The molecule has 3 aromatic rings. The monoisotopic (exact) mass is 461 g/mol. The molecule has 0 spiro atoms. The van der Waals surface area contributed by atoms with Crippen LogP contribution in [0.1, 0.15) is 39.3 Å². The number of rotatable bonds is 9. The van der Waals surface area contributed by atoms with Gasteiger partial charge in [-0.3, -0.25) is 9.59 Å². The van der Waals surface area contributed by atoms with E-state index in [0.717, 1.165) is 5.56 Å². The summed E-state index contributed by atoms with van der Waals surface area (Å²) in [6.07, 6.45) is 0. The second kappa shape index (κ2) is 9.58. The highest BCUT2D eigenvalue weighted by Gasteiger charge is 2.25. The molecule has 0 aliphatic rings. The summed E-state index contributed by atoms with van der Waals surface area (Å²) in [6, 6.07) is 8.95. The third-order valence-corrected chi connectivity index (χ3v) is 6.32. The zero-order valence-corrected chi connectivity index (χ0v) is 19.2. The van der Waals surface area contributed by atoms with E-state index in [2.05, 4.69) is 14.7 Å². The van der Waals surface area contributed by atoms with Crippen molar-refractivity contribution in [1.29, 1.82) is 0 Å². The first-order chi connectivity index (χ1) is 15.2. The molecule has 0 aliphatic carbocycles. The number of hydrogen-bond donors (Lipinski definition) is 3. The Labute approximate surface area is 185 Å². The van der Waals surface area contributed by atoms with Crippen LogP contribution in [0.25, 0.3) is 11.0 Å². The second-order valence-electron chi connectivity index (χ2n) is 7.53. The van der Waals surface area contributed by atoms with E-state index in [9.17, 15) is 18.0 Å². The van der Waals surface area contributed by atoms with Crippen molar-refractivity contribution in [3.63, 3.8) is 0 Å². The summed E-state index contributed by atoms with van der Waals surface area (Å²) in [5.74, 6) is 1.06. The maximum absolute atomic E-state index is 13.2. The molecule has 2 aromatic carbocycles. The summed E-state index contributed by atoms with van der Waals surface area (Å²) in [4.78, 5) is 27.9. The van der Waals surface area contributed by atoms with Crippen molar-refractivity contribution >= 4 is 21.1 Å². The van der Waals surface area contributed by atoms with Gasteiger partial charge in [0.15, 0.2) is 11.5 Å². The van der Waals surface area contributed by atoms with Crippen molar-refractivity contribution in [1.82, 2.24) is 14.7 Å². The molecule has 0 radical (unpaired) electrons. The van der Waals surface area contributed by atoms with Crippen molar-refractivity contribution in [2.75, 3.05) is 13.2 Å². The lowest BCUT2D eigenvalue weighted by Gasteiger charge is -2.24. The average Bonchev–Trinajstić information content (AvgIpc) is 2.74. The van der Waals surface area contributed by atoms with Gasteiger partial charge in [-0.25, -0.2) is 13.1 Å². The molecule has 172 valence electrons. The normalized spacial score (nSPS) is 12.8. The number of hydrogen-bond acceptors (Lipinski definition) is 6. The smallest absolute Gasteiger partial charge is 0.314 e. The van der Waals surface area contributed by atoms with Gasteiger partial charge in [-0.1, -0.05) is 19.9 Å². The summed E-state index contributed by atoms with van der Waals surface area (Å²) in [5, 5.41) is 0. The summed E-state index contributed by atoms with van der Waals surface area (Å²) in [5.41, 5.74) is -0.362. The molecule has 3 rings (SSSR count). The third-order valence-electron chi connectivity index (χ3n) is 4.88. The molecule has 0 saturated heterocycles. The number of nitrogens with one attached hydrogen (secondary N) is 3. The topological polar surface area (TPSA) is 130 Å². The highest BCUT2D eigenvalue weighted by Crippen LogP contribution is 2.33. The quantitative estimate of drug-likeness (QED) is 0.420. The Morgan fingerprint density at radius 3 is 2.12 bits per heavy atom. The first kappa shape index (κ1) is 23.6. The molecule has 1 atom stereocenters. The fourth-order valence-corrected chi connectivity index (χ4v) is 4.75.